The van der Waals surface area contributed by atoms with Gasteiger partial charge in [0.1, 0.15) is 5.78 Å². The van der Waals surface area contributed by atoms with Crippen LogP contribution in [0.1, 0.15) is 67.0 Å². The molecular weight excluding hydrogens is 512 g/mol. The standard InChI is InChI=1S/C29H34N2OS.C2H2O4/c1-21-20-24-10-7-11-25(29(24)33-21)22-13-17-31(18-14-22)19-15-26(27-12-5-6-16-30-27)28(32)23-8-3-2-4-9-23;3-1(4)2(5)6/h5-7,10-13,16,20,23,26H,2-4,8-9,14-15,17-19H2,1H3;(H,3,4)(H,5,6). The average Bonchev–Trinajstić information content (AvgIpc) is 3.35. The van der Waals surface area contributed by atoms with Crippen LogP contribution in [-0.2, 0) is 14.4 Å². The zero-order valence-corrected chi connectivity index (χ0v) is 23.2. The van der Waals surface area contributed by atoms with Crippen molar-refractivity contribution in [3.63, 3.8) is 0 Å². The fourth-order valence-electron chi connectivity index (χ4n) is 5.60. The number of aryl methyl sites for hydroxylation is 1. The van der Waals surface area contributed by atoms with Gasteiger partial charge in [-0.25, -0.2) is 9.59 Å². The number of carbonyl (C=O) groups is 3. The van der Waals surface area contributed by atoms with Gasteiger partial charge in [-0.2, -0.15) is 0 Å². The normalized spacial score (nSPS) is 17.1. The molecule has 1 aliphatic carbocycles. The van der Waals surface area contributed by atoms with Gasteiger partial charge in [-0.1, -0.05) is 49.6 Å². The van der Waals surface area contributed by atoms with E-state index in [9.17, 15) is 4.79 Å². The predicted molar refractivity (Wildman–Crippen MR) is 154 cm³/mol. The molecule has 0 radical (unpaired) electrons. The molecule has 5 rings (SSSR count). The van der Waals surface area contributed by atoms with E-state index in [1.54, 1.807) is 0 Å². The number of rotatable bonds is 7. The van der Waals surface area contributed by atoms with Crippen molar-refractivity contribution in [1.82, 2.24) is 9.88 Å². The Morgan fingerprint density at radius 3 is 2.46 bits per heavy atom. The first-order valence-electron chi connectivity index (χ1n) is 13.6. The van der Waals surface area contributed by atoms with Crippen molar-refractivity contribution in [3.05, 3.63) is 70.9 Å². The third-order valence-corrected chi connectivity index (χ3v) is 8.72. The van der Waals surface area contributed by atoms with E-state index in [2.05, 4.69) is 47.1 Å². The van der Waals surface area contributed by atoms with Crippen LogP contribution < -0.4 is 0 Å². The van der Waals surface area contributed by atoms with Gasteiger partial charge in [-0.15, -0.1) is 11.3 Å². The van der Waals surface area contributed by atoms with Gasteiger partial charge in [0.25, 0.3) is 0 Å². The largest absolute Gasteiger partial charge is 0.473 e. The lowest BCUT2D eigenvalue weighted by Gasteiger charge is -2.29. The van der Waals surface area contributed by atoms with Gasteiger partial charge in [0.15, 0.2) is 0 Å². The summed E-state index contributed by atoms with van der Waals surface area (Å²) in [6.45, 7) is 5.16. The van der Waals surface area contributed by atoms with Crippen LogP contribution >= 0.6 is 11.3 Å². The molecule has 1 unspecified atom stereocenters. The van der Waals surface area contributed by atoms with Crippen molar-refractivity contribution in [2.75, 3.05) is 19.6 Å². The number of aromatic nitrogens is 1. The first-order chi connectivity index (χ1) is 18.8. The lowest BCUT2D eigenvalue weighted by atomic mass is 9.79. The summed E-state index contributed by atoms with van der Waals surface area (Å²) in [5.41, 5.74) is 3.84. The molecule has 8 heteroatoms. The number of carboxylic acid groups (broad SMARTS) is 2. The van der Waals surface area contributed by atoms with Crippen LogP contribution in [0.15, 0.2) is 54.7 Å². The minimum Gasteiger partial charge on any atom is -0.473 e. The monoisotopic (exact) mass is 548 g/mol. The summed E-state index contributed by atoms with van der Waals surface area (Å²) in [6, 6.07) is 15.0. The SMILES string of the molecule is Cc1cc2cccc(C3=CCN(CCC(C(=O)C4CCCCC4)c4ccccn4)CC3)c2s1.O=C(O)C(=O)O. The second kappa shape index (κ2) is 13.6. The Morgan fingerprint density at radius 1 is 1.05 bits per heavy atom. The van der Waals surface area contributed by atoms with Crippen molar-refractivity contribution in [2.45, 2.75) is 57.8 Å². The molecule has 1 aliphatic heterocycles. The second-order valence-electron chi connectivity index (χ2n) is 10.3. The van der Waals surface area contributed by atoms with Crippen LogP contribution in [0.25, 0.3) is 15.7 Å². The van der Waals surface area contributed by atoms with E-state index in [0.717, 1.165) is 51.0 Å². The molecule has 1 atom stereocenters. The van der Waals surface area contributed by atoms with E-state index in [4.69, 9.17) is 19.8 Å². The minimum absolute atomic E-state index is 0.0671. The molecule has 2 aliphatic rings. The average molecular weight is 549 g/mol. The Hall–Kier alpha value is -3.36. The van der Waals surface area contributed by atoms with E-state index in [0.29, 0.717) is 5.78 Å². The molecule has 0 bridgehead atoms. The highest BCUT2D eigenvalue weighted by molar-refractivity contribution is 7.19. The first kappa shape index (κ1) is 28.6. The van der Waals surface area contributed by atoms with Crippen LogP contribution in [0.2, 0.25) is 0 Å². The molecule has 3 heterocycles. The van der Waals surface area contributed by atoms with Gasteiger partial charge in [0.05, 0.1) is 11.6 Å². The summed E-state index contributed by atoms with van der Waals surface area (Å²) in [4.78, 5) is 40.1. The van der Waals surface area contributed by atoms with Crippen molar-refractivity contribution in [1.29, 1.82) is 0 Å². The molecule has 39 heavy (non-hydrogen) atoms. The third-order valence-electron chi connectivity index (χ3n) is 7.62. The number of benzene rings is 1. The zero-order chi connectivity index (χ0) is 27.8. The Labute approximate surface area is 233 Å². The maximum atomic E-state index is 13.5. The summed E-state index contributed by atoms with van der Waals surface area (Å²) in [5.74, 6) is -3.05. The number of carbonyl (C=O) groups excluding carboxylic acids is 1. The van der Waals surface area contributed by atoms with Crippen LogP contribution in [-0.4, -0.2) is 57.5 Å². The highest BCUT2D eigenvalue weighted by Crippen LogP contribution is 2.35. The topological polar surface area (TPSA) is 108 Å². The molecule has 1 fully saturated rings. The Morgan fingerprint density at radius 2 is 1.82 bits per heavy atom. The Kier molecular flexibility index (Phi) is 10.0. The summed E-state index contributed by atoms with van der Waals surface area (Å²) < 4.78 is 1.42. The summed E-state index contributed by atoms with van der Waals surface area (Å²) in [5, 5.41) is 16.1. The highest BCUT2D eigenvalue weighted by Gasteiger charge is 2.30. The molecule has 2 aromatic heterocycles. The van der Waals surface area contributed by atoms with Gasteiger partial charge in [-0.3, -0.25) is 14.7 Å². The number of Topliss-reactive ketones (excluding diaryl/α,β-unsaturated/α-hetero) is 1. The van der Waals surface area contributed by atoms with Crippen LogP contribution in [0, 0.1) is 12.8 Å². The van der Waals surface area contributed by atoms with Crippen molar-refractivity contribution < 1.29 is 24.6 Å². The lowest BCUT2D eigenvalue weighted by Crippen LogP contribution is -2.33. The van der Waals surface area contributed by atoms with Gasteiger partial charge < -0.3 is 10.2 Å². The molecule has 0 amide bonds. The second-order valence-corrected chi connectivity index (χ2v) is 11.6. The molecular formula is C31H36N2O5S. The van der Waals surface area contributed by atoms with Gasteiger partial charge >= 0.3 is 11.9 Å². The molecule has 206 valence electrons. The molecule has 3 aromatic rings. The van der Waals surface area contributed by atoms with E-state index in [1.165, 1.54) is 45.4 Å². The summed E-state index contributed by atoms with van der Waals surface area (Å²) in [6.07, 6.45) is 12.0. The highest BCUT2D eigenvalue weighted by atomic mass is 32.1. The zero-order valence-electron chi connectivity index (χ0n) is 22.3. The van der Waals surface area contributed by atoms with Crippen LogP contribution in [0.3, 0.4) is 0 Å². The Balaban J connectivity index is 0.000000531. The van der Waals surface area contributed by atoms with E-state index in [-0.39, 0.29) is 11.8 Å². The maximum Gasteiger partial charge on any atom is 0.414 e. The molecule has 7 nitrogen and oxygen atoms in total. The third kappa shape index (κ3) is 7.61. The number of hydrogen-bond acceptors (Lipinski definition) is 6. The van der Waals surface area contributed by atoms with E-state index >= 15 is 0 Å². The molecule has 2 N–H and O–H groups in total. The van der Waals surface area contributed by atoms with Crippen LogP contribution in [0.5, 0.6) is 0 Å². The predicted octanol–water partition coefficient (Wildman–Crippen LogP) is 6.17. The number of ketones is 1. The lowest BCUT2D eigenvalue weighted by molar-refractivity contribution is -0.159. The van der Waals surface area contributed by atoms with Crippen molar-refractivity contribution in [2.24, 2.45) is 5.92 Å². The Bertz CT molecular complexity index is 1320. The molecule has 0 spiro atoms. The molecule has 0 saturated heterocycles. The van der Waals surface area contributed by atoms with E-state index in [1.807, 2.05) is 35.7 Å². The minimum atomic E-state index is -1.82. The molecule has 1 saturated carbocycles. The number of thiophene rings is 1. The maximum absolute atomic E-state index is 13.5. The number of pyridine rings is 1. The summed E-state index contributed by atoms with van der Waals surface area (Å²) >= 11 is 1.90. The smallest absolute Gasteiger partial charge is 0.414 e. The number of fused-ring (bicyclic) bond motifs is 1. The number of hydrogen-bond donors (Lipinski definition) is 2. The molecule has 1 aromatic carbocycles. The quantitative estimate of drug-likeness (QED) is 0.340. The number of aliphatic carboxylic acids is 2. The van der Waals surface area contributed by atoms with E-state index < -0.39 is 11.9 Å². The van der Waals surface area contributed by atoms with Crippen LogP contribution in [0.4, 0.5) is 0 Å². The fraction of sp³-hybridized carbons (Fsp3) is 0.419. The first-order valence-corrected chi connectivity index (χ1v) is 14.5. The number of nitrogens with zero attached hydrogens (tertiary/aromatic N) is 2. The van der Waals surface area contributed by atoms with Crippen molar-refractivity contribution in [3.8, 4) is 0 Å². The van der Waals surface area contributed by atoms with Crippen molar-refractivity contribution >= 4 is 44.7 Å². The fourth-order valence-corrected chi connectivity index (χ4v) is 6.67. The van der Waals surface area contributed by atoms with Gasteiger partial charge in [-0.05, 0) is 73.9 Å². The van der Waals surface area contributed by atoms with Gasteiger partial charge in [0, 0.05) is 34.8 Å². The van der Waals surface area contributed by atoms with Gasteiger partial charge in [0.2, 0.25) is 0 Å². The summed E-state index contributed by atoms with van der Waals surface area (Å²) in [7, 11) is 0. The number of carboxylic acids is 2.